The van der Waals surface area contributed by atoms with Gasteiger partial charge in [0.05, 0.1) is 4.47 Å². The van der Waals surface area contributed by atoms with Gasteiger partial charge in [0.25, 0.3) is 0 Å². The zero-order valence-corrected chi connectivity index (χ0v) is 13.6. The lowest BCUT2D eigenvalue weighted by atomic mass is 9.74. The van der Waals surface area contributed by atoms with E-state index in [0.717, 1.165) is 29.7 Å². The molecule has 1 unspecified atom stereocenters. The van der Waals surface area contributed by atoms with Crippen molar-refractivity contribution in [1.29, 1.82) is 0 Å². The Morgan fingerprint density at radius 2 is 2.14 bits per heavy atom. The average Bonchev–Trinajstić information content (AvgIpc) is 2.40. The van der Waals surface area contributed by atoms with Gasteiger partial charge in [-0.3, -0.25) is 0 Å². The molecule has 0 aliphatic heterocycles. The van der Waals surface area contributed by atoms with Gasteiger partial charge in [-0.2, -0.15) is 0 Å². The van der Waals surface area contributed by atoms with Gasteiger partial charge >= 0.3 is 0 Å². The monoisotopic (exact) mass is 349 g/mol. The largest absolute Gasteiger partial charge is 0.324 e. The van der Waals surface area contributed by atoms with Gasteiger partial charge in [-0.15, -0.1) is 0 Å². The Morgan fingerprint density at radius 3 is 2.86 bits per heavy atom. The molecule has 110 valence electrons. The fourth-order valence-electron chi connectivity index (χ4n) is 2.88. The molecule has 1 atom stereocenters. The lowest BCUT2D eigenvalue weighted by molar-refractivity contribution is 0.278. The number of rotatable bonds is 1. The minimum absolute atomic E-state index is 0.0160. The van der Waals surface area contributed by atoms with Crippen molar-refractivity contribution in [3.63, 3.8) is 0 Å². The van der Waals surface area contributed by atoms with Crippen LogP contribution in [0.1, 0.15) is 37.6 Å². The number of hydrogen-bond acceptors (Lipinski definition) is 3. The Balaban J connectivity index is 2.05. The van der Waals surface area contributed by atoms with Crippen LogP contribution in [0.25, 0.3) is 11.4 Å². The van der Waals surface area contributed by atoms with Crippen LogP contribution in [-0.2, 0) is 6.42 Å². The molecule has 21 heavy (non-hydrogen) atoms. The van der Waals surface area contributed by atoms with Crippen molar-refractivity contribution < 1.29 is 4.39 Å². The Hall–Kier alpha value is -1.33. The predicted molar refractivity (Wildman–Crippen MR) is 84.2 cm³/mol. The maximum Gasteiger partial charge on any atom is 0.159 e. The molecule has 2 N–H and O–H groups in total. The first-order chi connectivity index (χ1) is 9.85. The highest BCUT2D eigenvalue weighted by Gasteiger charge is 2.31. The van der Waals surface area contributed by atoms with Gasteiger partial charge in [0.2, 0.25) is 0 Å². The topological polar surface area (TPSA) is 51.8 Å². The highest BCUT2D eigenvalue weighted by molar-refractivity contribution is 9.10. The van der Waals surface area contributed by atoms with Crippen molar-refractivity contribution in [3.05, 3.63) is 45.9 Å². The highest BCUT2D eigenvalue weighted by Crippen LogP contribution is 2.39. The van der Waals surface area contributed by atoms with E-state index in [4.69, 9.17) is 5.73 Å². The van der Waals surface area contributed by atoms with Crippen LogP contribution < -0.4 is 5.73 Å². The van der Waals surface area contributed by atoms with E-state index in [1.54, 1.807) is 12.1 Å². The van der Waals surface area contributed by atoms with E-state index in [9.17, 15) is 4.39 Å². The van der Waals surface area contributed by atoms with E-state index in [-0.39, 0.29) is 17.3 Å². The van der Waals surface area contributed by atoms with E-state index < -0.39 is 0 Å². The summed E-state index contributed by atoms with van der Waals surface area (Å²) >= 11 is 3.20. The molecule has 1 aromatic carbocycles. The zero-order valence-electron chi connectivity index (χ0n) is 12.0. The average molecular weight is 350 g/mol. The summed E-state index contributed by atoms with van der Waals surface area (Å²) in [7, 11) is 0. The maximum atomic E-state index is 13.3. The number of aromatic nitrogens is 2. The second-order valence-electron chi connectivity index (χ2n) is 6.38. The van der Waals surface area contributed by atoms with E-state index in [2.05, 4.69) is 39.7 Å². The molecule has 0 bridgehead atoms. The minimum atomic E-state index is -0.292. The maximum absolute atomic E-state index is 13.3. The summed E-state index contributed by atoms with van der Waals surface area (Å²) in [6.07, 6.45) is 3.63. The zero-order chi connectivity index (χ0) is 15.2. The lowest BCUT2D eigenvalue weighted by Crippen LogP contribution is -2.30. The standard InChI is InChI=1S/C16H17BrFN3/c1-16(2)6-13(19)10-8-20-15(21-14(10)7-16)9-3-4-12(18)11(17)5-9/h3-5,8,13H,6-7,19H2,1-2H3. The van der Waals surface area contributed by atoms with E-state index >= 15 is 0 Å². The van der Waals surface area contributed by atoms with Gasteiger partial charge in [0, 0.05) is 29.1 Å². The van der Waals surface area contributed by atoms with Crippen molar-refractivity contribution in [3.8, 4) is 11.4 Å². The van der Waals surface area contributed by atoms with Crippen molar-refractivity contribution in [1.82, 2.24) is 9.97 Å². The molecule has 0 radical (unpaired) electrons. The number of nitrogens with zero attached hydrogens (tertiary/aromatic N) is 2. The number of halogens is 2. The van der Waals surface area contributed by atoms with Crippen LogP contribution in [0.4, 0.5) is 4.39 Å². The quantitative estimate of drug-likeness (QED) is 0.845. The van der Waals surface area contributed by atoms with Crippen LogP contribution >= 0.6 is 15.9 Å². The Bertz CT molecular complexity index is 700. The molecule has 0 saturated carbocycles. The molecule has 5 heteroatoms. The number of benzene rings is 1. The van der Waals surface area contributed by atoms with Gasteiger partial charge in [-0.05, 0) is 52.4 Å². The van der Waals surface area contributed by atoms with Gasteiger partial charge < -0.3 is 5.73 Å². The van der Waals surface area contributed by atoms with Gasteiger partial charge in [0.15, 0.2) is 5.82 Å². The van der Waals surface area contributed by atoms with Crippen LogP contribution in [0.15, 0.2) is 28.9 Å². The summed E-state index contributed by atoms with van der Waals surface area (Å²) in [5.41, 5.74) is 9.18. The smallest absolute Gasteiger partial charge is 0.159 e. The fourth-order valence-corrected chi connectivity index (χ4v) is 3.26. The van der Waals surface area contributed by atoms with Crippen LogP contribution in [0, 0.1) is 11.2 Å². The summed E-state index contributed by atoms with van der Waals surface area (Å²) in [6.45, 7) is 4.40. The molecule has 0 fully saturated rings. The van der Waals surface area contributed by atoms with E-state index in [1.807, 2.05) is 6.20 Å². The summed E-state index contributed by atoms with van der Waals surface area (Å²) in [6, 6.07) is 4.79. The van der Waals surface area contributed by atoms with Gasteiger partial charge in [-0.25, -0.2) is 14.4 Å². The highest BCUT2D eigenvalue weighted by atomic mass is 79.9. The second-order valence-corrected chi connectivity index (χ2v) is 7.23. The lowest BCUT2D eigenvalue weighted by Gasteiger charge is -2.34. The molecule has 0 spiro atoms. The summed E-state index contributed by atoms with van der Waals surface area (Å²) in [5.74, 6) is 0.319. The predicted octanol–water partition coefficient (Wildman–Crippen LogP) is 4.02. The Labute approximate surface area is 131 Å². The number of fused-ring (bicyclic) bond motifs is 1. The molecule has 1 aliphatic rings. The molecule has 1 aliphatic carbocycles. The SMILES string of the molecule is CC1(C)Cc2nc(-c3ccc(F)c(Br)c3)ncc2C(N)C1. The third kappa shape index (κ3) is 2.85. The molecule has 3 rings (SSSR count). The first kappa shape index (κ1) is 14.6. The molecule has 2 aromatic rings. The summed E-state index contributed by atoms with van der Waals surface area (Å²) < 4.78 is 13.8. The molecule has 3 nitrogen and oxygen atoms in total. The first-order valence-corrected chi connectivity index (χ1v) is 7.72. The second kappa shape index (κ2) is 5.14. The van der Waals surface area contributed by atoms with Crippen molar-refractivity contribution in [2.75, 3.05) is 0 Å². The molecule has 0 amide bonds. The molecule has 0 saturated heterocycles. The molecule has 1 heterocycles. The van der Waals surface area contributed by atoms with Crippen LogP contribution in [0.3, 0.4) is 0 Å². The van der Waals surface area contributed by atoms with Crippen LogP contribution in [0.2, 0.25) is 0 Å². The third-order valence-corrected chi connectivity index (χ3v) is 4.50. The third-order valence-electron chi connectivity index (χ3n) is 3.90. The summed E-state index contributed by atoms with van der Waals surface area (Å²) in [4.78, 5) is 9.06. The van der Waals surface area contributed by atoms with Gasteiger partial charge in [0.1, 0.15) is 5.82 Å². The van der Waals surface area contributed by atoms with Crippen LogP contribution in [0.5, 0.6) is 0 Å². The van der Waals surface area contributed by atoms with E-state index in [0.29, 0.717) is 10.3 Å². The Morgan fingerprint density at radius 1 is 1.38 bits per heavy atom. The van der Waals surface area contributed by atoms with E-state index in [1.165, 1.54) is 6.07 Å². The molecule has 1 aromatic heterocycles. The number of nitrogens with two attached hydrogens (primary N) is 1. The minimum Gasteiger partial charge on any atom is -0.324 e. The molecular formula is C16H17BrFN3. The fraction of sp³-hybridized carbons (Fsp3) is 0.375. The normalized spacial score (nSPS) is 20.1. The number of hydrogen-bond donors (Lipinski definition) is 1. The van der Waals surface area contributed by atoms with Gasteiger partial charge in [-0.1, -0.05) is 13.8 Å². The molecular weight excluding hydrogens is 333 g/mol. The van der Waals surface area contributed by atoms with Crippen LogP contribution in [-0.4, -0.2) is 9.97 Å². The van der Waals surface area contributed by atoms with Crippen molar-refractivity contribution in [2.45, 2.75) is 32.7 Å². The summed E-state index contributed by atoms with van der Waals surface area (Å²) in [5, 5.41) is 0. The Kier molecular flexibility index (Phi) is 3.58. The van der Waals surface area contributed by atoms with Crippen molar-refractivity contribution in [2.24, 2.45) is 11.1 Å². The van der Waals surface area contributed by atoms with Crippen molar-refractivity contribution >= 4 is 15.9 Å². The first-order valence-electron chi connectivity index (χ1n) is 6.92.